The Morgan fingerprint density at radius 1 is 1.30 bits per heavy atom. The molecule has 0 radical (unpaired) electrons. The SMILES string of the molecule is CCNC(=NCCCN1CCOCC1)NCCC(=O)Nc1cccc(C)n1. The van der Waals surface area contributed by atoms with Crippen molar-refractivity contribution in [3.8, 4) is 0 Å². The molecule has 1 aromatic rings. The molecular formula is C19H32N6O2. The third-order valence-corrected chi connectivity index (χ3v) is 4.15. The van der Waals surface area contributed by atoms with Gasteiger partial charge in [-0.3, -0.25) is 14.7 Å². The lowest BCUT2D eigenvalue weighted by Crippen LogP contribution is -2.39. The third-order valence-electron chi connectivity index (χ3n) is 4.15. The molecule has 1 amide bonds. The number of hydrogen-bond donors (Lipinski definition) is 3. The number of aryl methyl sites for hydroxylation is 1. The number of morpholine rings is 1. The van der Waals surface area contributed by atoms with Gasteiger partial charge in [-0.25, -0.2) is 4.98 Å². The van der Waals surface area contributed by atoms with Crippen molar-refractivity contribution >= 4 is 17.7 Å². The zero-order chi connectivity index (χ0) is 19.3. The Kier molecular flexibility index (Phi) is 9.57. The van der Waals surface area contributed by atoms with Gasteiger partial charge in [-0.15, -0.1) is 0 Å². The molecule has 8 heteroatoms. The largest absolute Gasteiger partial charge is 0.379 e. The summed E-state index contributed by atoms with van der Waals surface area (Å²) in [7, 11) is 0. The summed E-state index contributed by atoms with van der Waals surface area (Å²) in [6.45, 7) is 10.7. The Morgan fingerprint density at radius 2 is 2.11 bits per heavy atom. The number of hydrogen-bond acceptors (Lipinski definition) is 5. The van der Waals surface area contributed by atoms with Crippen molar-refractivity contribution in [1.82, 2.24) is 20.5 Å². The number of aliphatic imine (C=N–C) groups is 1. The first-order valence-corrected chi connectivity index (χ1v) is 9.73. The van der Waals surface area contributed by atoms with E-state index in [2.05, 4.69) is 30.8 Å². The van der Waals surface area contributed by atoms with Gasteiger partial charge >= 0.3 is 0 Å². The normalized spacial score (nSPS) is 15.4. The minimum Gasteiger partial charge on any atom is -0.379 e. The van der Waals surface area contributed by atoms with Crippen LogP contribution in [0.2, 0.25) is 0 Å². The molecule has 150 valence electrons. The zero-order valence-electron chi connectivity index (χ0n) is 16.5. The van der Waals surface area contributed by atoms with Crippen molar-refractivity contribution in [3.63, 3.8) is 0 Å². The number of carbonyl (C=O) groups is 1. The molecule has 8 nitrogen and oxygen atoms in total. The number of nitrogens with zero attached hydrogens (tertiary/aromatic N) is 3. The molecule has 0 aromatic carbocycles. The summed E-state index contributed by atoms with van der Waals surface area (Å²) in [5.41, 5.74) is 0.879. The minimum atomic E-state index is -0.0660. The van der Waals surface area contributed by atoms with Gasteiger partial charge in [0.15, 0.2) is 5.96 Å². The number of pyridine rings is 1. The Labute approximate surface area is 161 Å². The first-order chi connectivity index (χ1) is 13.2. The average molecular weight is 377 g/mol. The fraction of sp³-hybridized carbons (Fsp3) is 0.632. The van der Waals surface area contributed by atoms with Gasteiger partial charge in [-0.2, -0.15) is 0 Å². The summed E-state index contributed by atoms with van der Waals surface area (Å²) in [6, 6.07) is 5.57. The molecule has 0 bridgehead atoms. The first kappa shape index (κ1) is 21.1. The van der Waals surface area contributed by atoms with Crippen LogP contribution in [0.1, 0.15) is 25.5 Å². The number of aromatic nitrogens is 1. The number of ether oxygens (including phenoxy) is 1. The lowest BCUT2D eigenvalue weighted by molar-refractivity contribution is -0.116. The molecule has 0 aliphatic carbocycles. The Morgan fingerprint density at radius 3 is 2.85 bits per heavy atom. The van der Waals surface area contributed by atoms with Crippen molar-refractivity contribution in [3.05, 3.63) is 23.9 Å². The van der Waals surface area contributed by atoms with E-state index >= 15 is 0 Å². The lowest BCUT2D eigenvalue weighted by atomic mass is 10.3. The van der Waals surface area contributed by atoms with Gasteiger partial charge < -0.3 is 20.7 Å². The summed E-state index contributed by atoms with van der Waals surface area (Å²) < 4.78 is 5.36. The maximum Gasteiger partial charge on any atom is 0.227 e. The molecule has 0 atom stereocenters. The fourth-order valence-electron chi connectivity index (χ4n) is 2.76. The van der Waals surface area contributed by atoms with E-state index < -0.39 is 0 Å². The topological polar surface area (TPSA) is 90.9 Å². The number of amides is 1. The quantitative estimate of drug-likeness (QED) is 0.338. The van der Waals surface area contributed by atoms with Crippen molar-refractivity contribution in [2.45, 2.75) is 26.7 Å². The lowest BCUT2D eigenvalue weighted by Gasteiger charge is -2.26. The van der Waals surface area contributed by atoms with E-state index in [1.807, 2.05) is 26.0 Å². The Balaban J connectivity index is 1.65. The van der Waals surface area contributed by atoms with Gasteiger partial charge in [0, 0.05) is 51.4 Å². The van der Waals surface area contributed by atoms with Gasteiger partial charge in [-0.1, -0.05) is 6.07 Å². The van der Waals surface area contributed by atoms with E-state index in [0.717, 1.165) is 64.0 Å². The van der Waals surface area contributed by atoms with E-state index in [9.17, 15) is 4.79 Å². The van der Waals surface area contributed by atoms with Crippen molar-refractivity contribution < 1.29 is 9.53 Å². The molecular weight excluding hydrogens is 344 g/mol. The number of anilines is 1. The van der Waals surface area contributed by atoms with Crippen LogP contribution < -0.4 is 16.0 Å². The molecule has 1 aliphatic heterocycles. The summed E-state index contributed by atoms with van der Waals surface area (Å²) in [6.07, 6.45) is 1.36. The van der Waals surface area contributed by atoms with Gasteiger partial charge in [0.05, 0.1) is 13.2 Å². The summed E-state index contributed by atoms with van der Waals surface area (Å²) in [4.78, 5) is 23.3. The van der Waals surface area contributed by atoms with Crippen LogP contribution in [0.4, 0.5) is 5.82 Å². The molecule has 0 unspecified atom stereocenters. The molecule has 2 heterocycles. The molecule has 1 aliphatic rings. The zero-order valence-corrected chi connectivity index (χ0v) is 16.5. The maximum absolute atomic E-state index is 12.0. The van der Waals surface area contributed by atoms with E-state index in [1.165, 1.54) is 0 Å². The van der Waals surface area contributed by atoms with Crippen LogP contribution in [-0.4, -0.2) is 74.2 Å². The summed E-state index contributed by atoms with van der Waals surface area (Å²) in [5, 5.41) is 9.24. The molecule has 0 saturated carbocycles. The predicted octanol–water partition coefficient (Wildman–Crippen LogP) is 0.996. The third kappa shape index (κ3) is 8.83. The van der Waals surface area contributed by atoms with Crippen LogP contribution in [-0.2, 0) is 9.53 Å². The van der Waals surface area contributed by atoms with Crippen LogP contribution in [0, 0.1) is 6.92 Å². The van der Waals surface area contributed by atoms with Gasteiger partial charge in [0.1, 0.15) is 5.82 Å². The highest BCUT2D eigenvalue weighted by Crippen LogP contribution is 2.04. The van der Waals surface area contributed by atoms with Crippen LogP contribution in [0.25, 0.3) is 0 Å². The summed E-state index contributed by atoms with van der Waals surface area (Å²) >= 11 is 0. The highest BCUT2D eigenvalue weighted by Gasteiger charge is 2.09. The maximum atomic E-state index is 12.0. The second kappa shape index (κ2) is 12.2. The van der Waals surface area contributed by atoms with Crippen LogP contribution in [0.15, 0.2) is 23.2 Å². The van der Waals surface area contributed by atoms with Gasteiger partial charge in [0.2, 0.25) is 5.91 Å². The number of guanidine groups is 1. The highest BCUT2D eigenvalue weighted by atomic mass is 16.5. The van der Waals surface area contributed by atoms with Gasteiger partial charge in [-0.05, 0) is 32.4 Å². The van der Waals surface area contributed by atoms with Crippen LogP contribution >= 0.6 is 0 Å². The van der Waals surface area contributed by atoms with E-state index in [4.69, 9.17) is 4.74 Å². The highest BCUT2D eigenvalue weighted by molar-refractivity contribution is 5.90. The van der Waals surface area contributed by atoms with Crippen LogP contribution in [0.3, 0.4) is 0 Å². The average Bonchev–Trinajstić information content (AvgIpc) is 2.66. The minimum absolute atomic E-state index is 0.0660. The molecule has 1 saturated heterocycles. The Bertz CT molecular complexity index is 602. The molecule has 1 aromatic heterocycles. The standard InChI is InChI=1S/C19H32N6O2/c1-3-20-19(21-9-5-11-25-12-14-27-15-13-25)22-10-8-18(26)24-17-7-4-6-16(2)23-17/h4,6-7H,3,5,8-15H2,1-2H3,(H2,20,21,22)(H,23,24,26). The molecule has 1 fully saturated rings. The van der Waals surface area contributed by atoms with Crippen molar-refractivity contribution in [2.24, 2.45) is 4.99 Å². The monoisotopic (exact) mass is 376 g/mol. The number of carbonyl (C=O) groups excluding carboxylic acids is 1. The van der Waals surface area contributed by atoms with Crippen LogP contribution in [0.5, 0.6) is 0 Å². The van der Waals surface area contributed by atoms with E-state index in [1.54, 1.807) is 6.07 Å². The van der Waals surface area contributed by atoms with Crippen molar-refractivity contribution in [2.75, 3.05) is 57.8 Å². The van der Waals surface area contributed by atoms with Crippen molar-refractivity contribution in [1.29, 1.82) is 0 Å². The van der Waals surface area contributed by atoms with E-state index in [0.29, 0.717) is 18.8 Å². The second-order valence-electron chi connectivity index (χ2n) is 6.46. The summed E-state index contributed by atoms with van der Waals surface area (Å²) in [5.74, 6) is 1.27. The fourth-order valence-corrected chi connectivity index (χ4v) is 2.76. The molecule has 0 spiro atoms. The Hall–Kier alpha value is -2.19. The molecule has 27 heavy (non-hydrogen) atoms. The van der Waals surface area contributed by atoms with E-state index in [-0.39, 0.29) is 5.91 Å². The number of nitrogens with one attached hydrogen (secondary N) is 3. The second-order valence-corrected chi connectivity index (χ2v) is 6.46. The predicted molar refractivity (Wildman–Crippen MR) is 108 cm³/mol. The number of rotatable bonds is 9. The van der Waals surface area contributed by atoms with Gasteiger partial charge in [0.25, 0.3) is 0 Å². The molecule has 3 N–H and O–H groups in total. The first-order valence-electron chi connectivity index (χ1n) is 9.73. The molecule has 2 rings (SSSR count). The smallest absolute Gasteiger partial charge is 0.227 e.